The number of carbonyl (C=O) groups excluding carboxylic acids is 2. The maximum absolute atomic E-state index is 11.9. The Morgan fingerprint density at radius 2 is 2.15 bits per heavy atom. The van der Waals surface area contributed by atoms with E-state index < -0.39 is 0 Å². The third-order valence-electron chi connectivity index (χ3n) is 4.27. The molecule has 1 amide bonds. The molecule has 1 heterocycles. The molecule has 1 aliphatic carbocycles. The van der Waals surface area contributed by atoms with Gasteiger partial charge in [0.1, 0.15) is 0 Å². The van der Waals surface area contributed by atoms with Crippen LogP contribution in [0.5, 0.6) is 0 Å². The first-order valence-electron chi connectivity index (χ1n) is 7.91. The summed E-state index contributed by atoms with van der Waals surface area (Å²) in [6, 6.07) is 0.162. The van der Waals surface area contributed by atoms with Crippen molar-refractivity contribution in [3.05, 3.63) is 0 Å². The standard InChI is InChI=1S/C15H26N2O3/c1-2-20-15(19)11-6-5-7-12(10-11)17-13-8-3-4-9-16-14(13)18/h11-13,17H,2-10H2,1H3,(H,16,18). The lowest BCUT2D eigenvalue weighted by molar-refractivity contribution is -0.149. The molecule has 3 atom stereocenters. The van der Waals surface area contributed by atoms with E-state index in [0.717, 1.165) is 51.5 Å². The first-order chi connectivity index (χ1) is 9.70. The molecule has 0 radical (unpaired) electrons. The van der Waals surface area contributed by atoms with E-state index in [9.17, 15) is 9.59 Å². The number of carbonyl (C=O) groups is 2. The average Bonchev–Trinajstić information content (AvgIpc) is 2.65. The van der Waals surface area contributed by atoms with Gasteiger partial charge in [-0.15, -0.1) is 0 Å². The van der Waals surface area contributed by atoms with Crippen LogP contribution in [0.1, 0.15) is 51.9 Å². The van der Waals surface area contributed by atoms with Crippen LogP contribution in [0.4, 0.5) is 0 Å². The normalized spacial score (nSPS) is 31.2. The summed E-state index contributed by atoms with van der Waals surface area (Å²) < 4.78 is 5.11. The lowest BCUT2D eigenvalue weighted by Crippen LogP contribution is -2.49. The van der Waals surface area contributed by atoms with E-state index in [1.165, 1.54) is 0 Å². The fraction of sp³-hybridized carbons (Fsp3) is 0.867. The van der Waals surface area contributed by atoms with Crippen LogP contribution in [-0.2, 0) is 14.3 Å². The fourth-order valence-electron chi connectivity index (χ4n) is 3.20. The molecule has 20 heavy (non-hydrogen) atoms. The zero-order chi connectivity index (χ0) is 14.4. The molecule has 3 unspecified atom stereocenters. The highest BCUT2D eigenvalue weighted by Crippen LogP contribution is 2.26. The van der Waals surface area contributed by atoms with Crippen LogP contribution in [0, 0.1) is 5.92 Å². The maximum Gasteiger partial charge on any atom is 0.308 e. The van der Waals surface area contributed by atoms with Crippen molar-refractivity contribution in [2.24, 2.45) is 5.92 Å². The highest BCUT2D eigenvalue weighted by Gasteiger charge is 2.31. The highest BCUT2D eigenvalue weighted by molar-refractivity contribution is 5.82. The lowest BCUT2D eigenvalue weighted by Gasteiger charge is -2.31. The quantitative estimate of drug-likeness (QED) is 0.764. The molecular formula is C15H26N2O3. The molecule has 2 rings (SSSR count). The van der Waals surface area contributed by atoms with Crippen LogP contribution >= 0.6 is 0 Å². The molecule has 0 aromatic rings. The second-order valence-electron chi connectivity index (χ2n) is 5.82. The summed E-state index contributed by atoms with van der Waals surface area (Å²) in [5.74, 6) is 0.0279. The third-order valence-corrected chi connectivity index (χ3v) is 4.27. The predicted octanol–water partition coefficient (Wildman–Crippen LogP) is 1.37. The molecule has 2 fully saturated rings. The van der Waals surface area contributed by atoms with E-state index in [0.29, 0.717) is 6.61 Å². The zero-order valence-corrected chi connectivity index (χ0v) is 12.3. The average molecular weight is 282 g/mol. The van der Waals surface area contributed by atoms with Crippen LogP contribution in [0.25, 0.3) is 0 Å². The van der Waals surface area contributed by atoms with Crippen LogP contribution < -0.4 is 10.6 Å². The predicted molar refractivity (Wildman–Crippen MR) is 76.2 cm³/mol. The Bertz CT molecular complexity index is 346. The Hall–Kier alpha value is -1.10. The van der Waals surface area contributed by atoms with Gasteiger partial charge >= 0.3 is 5.97 Å². The van der Waals surface area contributed by atoms with Gasteiger partial charge in [-0.1, -0.05) is 6.42 Å². The first kappa shape index (κ1) is 15.3. The molecule has 0 aromatic carbocycles. The van der Waals surface area contributed by atoms with Gasteiger partial charge in [0.15, 0.2) is 0 Å². The maximum atomic E-state index is 11.9. The van der Waals surface area contributed by atoms with E-state index in [4.69, 9.17) is 4.74 Å². The van der Waals surface area contributed by atoms with E-state index in [1.54, 1.807) is 0 Å². The molecule has 1 saturated heterocycles. The van der Waals surface area contributed by atoms with Crippen LogP contribution in [0.15, 0.2) is 0 Å². The van der Waals surface area contributed by atoms with Gasteiger partial charge in [-0.25, -0.2) is 0 Å². The number of esters is 1. The van der Waals surface area contributed by atoms with Crippen molar-refractivity contribution in [2.75, 3.05) is 13.2 Å². The van der Waals surface area contributed by atoms with Crippen LogP contribution in [-0.4, -0.2) is 37.1 Å². The molecular weight excluding hydrogens is 256 g/mol. The summed E-state index contributed by atoms with van der Waals surface area (Å²) >= 11 is 0. The van der Waals surface area contributed by atoms with Crippen molar-refractivity contribution in [3.63, 3.8) is 0 Å². The van der Waals surface area contributed by atoms with Gasteiger partial charge in [0.05, 0.1) is 18.6 Å². The van der Waals surface area contributed by atoms with Gasteiger partial charge in [-0.2, -0.15) is 0 Å². The largest absolute Gasteiger partial charge is 0.466 e. The van der Waals surface area contributed by atoms with Crippen molar-refractivity contribution >= 4 is 11.9 Å². The second kappa shape index (κ2) is 7.62. The smallest absolute Gasteiger partial charge is 0.308 e. The Morgan fingerprint density at radius 1 is 1.30 bits per heavy atom. The Kier molecular flexibility index (Phi) is 5.83. The highest BCUT2D eigenvalue weighted by atomic mass is 16.5. The molecule has 0 spiro atoms. The molecule has 5 heteroatoms. The van der Waals surface area contributed by atoms with Crippen molar-refractivity contribution in [3.8, 4) is 0 Å². The van der Waals surface area contributed by atoms with E-state index in [2.05, 4.69) is 10.6 Å². The minimum absolute atomic E-state index is 0.00459. The van der Waals surface area contributed by atoms with Crippen molar-refractivity contribution in [2.45, 2.75) is 64.0 Å². The minimum Gasteiger partial charge on any atom is -0.466 e. The zero-order valence-electron chi connectivity index (χ0n) is 12.3. The van der Waals surface area contributed by atoms with Gasteiger partial charge in [0.2, 0.25) is 5.91 Å². The van der Waals surface area contributed by atoms with Crippen molar-refractivity contribution in [1.82, 2.24) is 10.6 Å². The molecule has 1 aliphatic heterocycles. The van der Waals surface area contributed by atoms with Gasteiger partial charge in [-0.3, -0.25) is 9.59 Å². The summed E-state index contributed by atoms with van der Waals surface area (Å²) in [6.45, 7) is 3.07. The van der Waals surface area contributed by atoms with Gasteiger partial charge < -0.3 is 15.4 Å². The van der Waals surface area contributed by atoms with Crippen molar-refractivity contribution in [1.29, 1.82) is 0 Å². The monoisotopic (exact) mass is 282 g/mol. The number of nitrogens with one attached hydrogen (secondary N) is 2. The minimum atomic E-state index is -0.0940. The van der Waals surface area contributed by atoms with E-state index >= 15 is 0 Å². The molecule has 2 aliphatic rings. The second-order valence-corrected chi connectivity index (χ2v) is 5.82. The number of amides is 1. The molecule has 0 bridgehead atoms. The molecule has 114 valence electrons. The lowest BCUT2D eigenvalue weighted by atomic mass is 9.85. The van der Waals surface area contributed by atoms with Gasteiger partial charge in [0, 0.05) is 12.6 Å². The Balaban J connectivity index is 1.85. The van der Waals surface area contributed by atoms with Crippen molar-refractivity contribution < 1.29 is 14.3 Å². The molecule has 5 nitrogen and oxygen atoms in total. The fourth-order valence-corrected chi connectivity index (χ4v) is 3.20. The van der Waals surface area contributed by atoms with Crippen LogP contribution in [0.3, 0.4) is 0 Å². The summed E-state index contributed by atoms with van der Waals surface area (Å²) in [5, 5.41) is 6.40. The van der Waals surface area contributed by atoms with Gasteiger partial charge in [0.25, 0.3) is 0 Å². The summed E-state index contributed by atoms with van der Waals surface area (Å²) in [6.07, 6.45) is 6.79. The van der Waals surface area contributed by atoms with Gasteiger partial charge in [-0.05, 0) is 45.4 Å². The SMILES string of the molecule is CCOC(=O)C1CCCC(NC2CCCCNC2=O)C1. The summed E-state index contributed by atoms with van der Waals surface area (Å²) in [7, 11) is 0. The number of hydrogen-bond donors (Lipinski definition) is 2. The number of ether oxygens (including phenoxy) is 1. The van der Waals surface area contributed by atoms with E-state index in [-0.39, 0.29) is 29.9 Å². The van der Waals surface area contributed by atoms with Crippen LogP contribution in [0.2, 0.25) is 0 Å². The molecule has 1 saturated carbocycles. The topological polar surface area (TPSA) is 67.4 Å². The Morgan fingerprint density at radius 3 is 2.95 bits per heavy atom. The summed E-state index contributed by atoms with van der Waals surface area (Å²) in [5.41, 5.74) is 0. The number of hydrogen-bond acceptors (Lipinski definition) is 4. The number of rotatable bonds is 4. The molecule has 0 aromatic heterocycles. The Labute approximate surface area is 120 Å². The van der Waals surface area contributed by atoms with E-state index in [1.807, 2.05) is 6.92 Å². The summed E-state index contributed by atoms with van der Waals surface area (Å²) in [4.78, 5) is 23.8. The first-order valence-corrected chi connectivity index (χ1v) is 7.91. The third kappa shape index (κ3) is 4.20. The molecule has 2 N–H and O–H groups in total.